The van der Waals surface area contributed by atoms with Gasteiger partial charge in [-0.15, -0.1) is 0 Å². The molecule has 0 aromatic carbocycles. The van der Waals surface area contributed by atoms with Crippen LogP contribution < -0.4 is 5.73 Å². The van der Waals surface area contributed by atoms with Crippen LogP contribution in [-0.4, -0.2) is 28.5 Å². The molecule has 0 amide bonds. The zero-order chi connectivity index (χ0) is 11.3. The van der Waals surface area contributed by atoms with E-state index in [0.717, 1.165) is 19.4 Å². The highest BCUT2D eigenvalue weighted by molar-refractivity contribution is 4.85. The lowest BCUT2D eigenvalue weighted by molar-refractivity contribution is -0.0665. The third-order valence-electron chi connectivity index (χ3n) is 3.42. The van der Waals surface area contributed by atoms with Gasteiger partial charge in [-0.05, 0) is 18.9 Å². The summed E-state index contributed by atoms with van der Waals surface area (Å²) in [5, 5.41) is 4.15. The Hall–Kier alpha value is -0.870. The van der Waals surface area contributed by atoms with Crippen molar-refractivity contribution in [1.29, 1.82) is 0 Å². The number of rotatable bonds is 5. The second-order valence-electron chi connectivity index (χ2n) is 4.57. The fourth-order valence-corrected chi connectivity index (χ4v) is 2.39. The number of hydrogen-bond acceptors (Lipinski definition) is 3. The highest BCUT2D eigenvalue weighted by Crippen LogP contribution is 2.30. The van der Waals surface area contributed by atoms with Crippen LogP contribution >= 0.6 is 0 Å². The Labute approximate surface area is 96.8 Å². The zero-order valence-electron chi connectivity index (χ0n) is 9.77. The Bertz CT molecular complexity index is 291. The molecule has 1 aromatic heterocycles. The lowest BCUT2D eigenvalue weighted by atomic mass is 9.85. The van der Waals surface area contributed by atoms with Gasteiger partial charge in [-0.3, -0.25) is 4.68 Å². The molecule has 4 nitrogen and oxygen atoms in total. The first kappa shape index (κ1) is 11.6. The number of nitrogens with zero attached hydrogens (tertiary/aromatic N) is 2. The van der Waals surface area contributed by atoms with Gasteiger partial charge < -0.3 is 10.5 Å². The smallest absolute Gasteiger partial charge is 0.0805 e. The van der Waals surface area contributed by atoms with E-state index < -0.39 is 0 Å². The molecule has 0 saturated heterocycles. The Kier molecular flexibility index (Phi) is 3.96. The Morgan fingerprint density at radius 2 is 2.12 bits per heavy atom. The van der Waals surface area contributed by atoms with E-state index >= 15 is 0 Å². The number of nitrogens with two attached hydrogens (primary N) is 1. The van der Waals surface area contributed by atoms with E-state index in [1.807, 2.05) is 16.9 Å². The van der Waals surface area contributed by atoms with Crippen molar-refractivity contribution in [3.63, 3.8) is 0 Å². The quantitative estimate of drug-likeness (QED) is 0.824. The highest BCUT2D eigenvalue weighted by atomic mass is 16.5. The molecule has 2 rings (SSSR count). The first-order valence-corrected chi connectivity index (χ1v) is 6.16. The Balaban J connectivity index is 1.78. The molecule has 0 aliphatic heterocycles. The van der Waals surface area contributed by atoms with Gasteiger partial charge in [0.2, 0.25) is 0 Å². The van der Waals surface area contributed by atoms with E-state index in [2.05, 4.69) is 5.10 Å². The molecule has 90 valence electrons. The molecular formula is C12H21N3O. The number of ether oxygens (including phenoxy) is 1. The molecule has 1 aliphatic rings. The minimum atomic E-state index is -0.0502. The summed E-state index contributed by atoms with van der Waals surface area (Å²) in [6.07, 6.45) is 9.80. The molecule has 1 aliphatic carbocycles. The van der Waals surface area contributed by atoms with Crippen LogP contribution in [0.4, 0.5) is 0 Å². The lowest BCUT2D eigenvalue weighted by Gasteiger charge is -2.36. The minimum absolute atomic E-state index is 0.0502. The summed E-state index contributed by atoms with van der Waals surface area (Å²) in [6, 6.07) is 1.93. The third kappa shape index (κ3) is 2.83. The van der Waals surface area contributed by atoms with Crippen molar-refractivity contribution in [2.45, 2.75) is 44.2 Å². The van der Waals surface area contributed by atoms with Crippen molar-refractivity contribution in [1.82, 2.24) is 9.78 Å². The fraction of sp³-hybridized carbons (Fsp3) is 0.750. The van der Waals surface area contributed by atoms with Gasteiger partial charge in [0.05, 0.1) is 18.8 Å². The van der Waals surface area contributed by atoms with Gasteiger partial charge in [-0.1, -0.05) is 19.3 Å². The highest BCUT2D eigenvalue weighted by Gasteiger charge is 2.31. The molecule has 0 spiro atoms. The van der Waals surface area contributed by atoms with Crippen LogP contribution in [-0.2, 0) is 11.3 Å². The van der Waals surface area contributed by atoms with Crippen LogP contribution in [0.1, 0.15) is 32.1 Å². The van der Waals surface area contributed by atoms with Crippen LogP contribution in [0, 0.1) is 0 Å². The second kappa shape index (κ2) is 5.46. The maximum atomic E-state index is 6.01. The van der Waals surface area contributed by atoms with E-state index in [-0.39, 0.29) is 5.60 Å². The van der Waals surface area contributed by atoms with Crippen LogP contribution in [0.2, 0.25) is 0 Å². The molecule has 2 N–H and O–H groups in total. The third-order valence-corrected chi connectivity index (χ3v) is 3.42. The normalized spacial score (nSPS) is 19.8. The summed E-state index contributed by atoms with van der Waals surface area (Å²) in [5.74, 6) is 0. The van der Waals surface area contributed by atoms with Crippen molar-refractivity contribution in [3.8, 4) is 0 Å². The molecule has 1 saturated carbocycles. The lowest BCUT2D eigenvalue weighted by Crippen LogP contribution is -2.43. The van der Waals surface area contributed by atoms with Crippen LogP contribution in [0.15, 0.2) is 18.5 Å². The summed E-state index contributed by atoms with van der Waals surface area (Å²) in [5.41, 5.74) is 5.80. The summed E-state index contributed by atoms with van der Waals surface area (Å²) < 4.78 is 7.90. The first-order valence-electron chi connectivity index (χ1n) is 6.16. The van der Waals surface area contributed by atoms with E-state index in [4.69, 9.17) is 10.5 Å². The molecule has 0 bridgehead atoms. The molecular weight excluding hydrogens is 202 g/mol. The maximum Gasteiger partial charge on any atom is 0.0805 e. The minimum Gasteiger partial charge on any atom is -0.372 e. The van der Waals surface area contributed by atoms with Gasteiger partial charge in [0.15, 0.2) is 0 Å². The van der Waals surface area contributed by atoms with Gasteiger partial charge in [0.25, 0.3) is 0 Å². The standard InChI is InChI=1S/C12H21N3O/c13-11-12(5-2-1-3-6-12)16-10-9-15-8-4-7-14-15/h4,7-8H,1-3,5-6,9-11,13H2. The maximum absolute atomic E-state index is 6.01. The van der Waals surface area contributed by atoms with E-state index in [9.17, 15) is 0 Å². The molecule has 0 unspecified atom stereocenters. The second-order valence-corrected chi connectivity index (χ2v) is 4.57. The first-order chi connectivity index (χ1) is 7.85. The summed E-state index contributed by atoms with van der Waals surface area (Å²) >= 11 is 0. The molecule has 1 heterocycles. The summed E-state index contributed by atoms with van der Waals surface area (Å²) in [7, 11) is 0. The van der Waals surface area contributed by atoms with Crippen LogP contribution in [0.3, 0.4) is 0 Å². The largest absolute Gasteiger partial charge is 0.372 e. The average Bonchev–Trinajstić information content (AvgIpc) is 2.83. The van der Waals surface area contributed by atoms with Gasteiger partial charge in [0, 0.05) is 18.9 Å². The van der Waals surface area contributed by atoms with Crippen molar-refractivity contribution < 1.29 is 4.74 Å². The molecule has 16 heavy (non-hydrogen) atoms. The predicted molar refractivity (Wildman–Crippen MR) is 63.0 cm³/mol. The zero-order valence-corrected chi connectivity index (χ0v) is 9.77. The van der Waals surface area contributed by atoms with Gasteiger partial charge in [-0.25, -0.2) is 0 Å². The van der Waals surface area contributed by atoms with E-state index in [1.165, 1.54) is 19.3 Å². The number of hydrogen-bond donors (Lipinski definition) is 1. The SMILES string of the molecule is NCC1(OCCn2cccn2)CCCCC1. The van der Waals surface area contributed by atoms with Crippen LogP contribution in [0.25, 0.3) is 0 Å². The Morgan fingerprint density at radius 1 is 1.31 bits per heavy atom. The van der Waals surface area contributed by atoms with Crippen molar-refractivity contribution >= 4 is 0 Å². The van der Waals surface area contributed by atoms with E-state index in [1.54, 1.807) is 6.20 Å². The molecule has 0 atom stereocenters. The van der Waals surface area contributed by atoms with Crippen molar-refractivity contribution in [2.24, 2.45) is 5.73 Å². The fourth-order valence-electron chi connectivity index (χ4n) is 2.39. The Morgan fingerprint density at radius 3 is 2.75 bits per heavy atom. The van der Waals surface area contributed by atoms with Crippen LogP contribution in [0.5, 0.6) is 0 Å². The van der Waals surface area contributed by atoms with Gasteiger partial charge in [-0.2, -0.15) is 5.10 Å². The number of aromatic nitrogens is 2. The molecule has 1 aromatic rings. The van der Waals surface area contributed by atoms with Gasteiger partial charge in [0.1, 0.15) is 0 Å². The monoisotopic (exact) mass is 223 g/mol. The average molecular weight is 223 g/mol. The van der Waals surface area contributed by atoms with Gasteiger partial charge >= 0.3 is 0 Å². The molecule has 0 radical (unpaired) electrons. The topological polar surface area (TPSA) is 53.1 Å². The van der Waals surface area contributed by atoms with Crippen molar-refractivity contribution in [2.75, 3.05) is 13.2 Å². The molecule has 4 heteroatoms. The van der Waals surface area contributed by atoms with Crippen molar-refractivity contribution in [3.05, 3.63) is 18.5 Å². The summed E-state index contributed by atoms with van der Waals surface area (Å²) in [4.78, 5) is 0. The predicted octanol–water partition coefficient (Wildman–Crippen LogP) is 1.56. The van der Waals surface area contributed by atoms with E-state index in [0.29, 0.717) is 13.2 Å². The molecule has 1 fully saturated rings. The summed E-state index contributed by atoms with van der Waals surface area (Å²) in [6.45, 7) is 2.17.